The molecule has 0 aliphatic carbocycles. The quantitative estimate of drug-likeness (QED) is 0.785. The molecule has 0 atom stereocenters. The number of nitrogens with one attached hydrogen (secondary N) is 1. The van der Waals surface area contributed by atoms with Gasteiger partial charge in [0, 0.05) is 45.7 Å². The van der Waals surface area contributed by atoms with Gasteiger partial charge in [0.05, 0.1) is 11.4 Å². The highest BCUT2D eigenvalue weighted by Crippen LogP contribution is 2.25. The number of carbonyl (C=O) groups excluding carboxylic acids is 2. The summed E-state index contributed by atoms with van der Waals surface area (Å²) in [5.41, 5.74) is 8.16. The third-order valence-corrected chi connectivity index (χ3v) is 3.80. The SMILES string of the molecule is CNC(=O)c1ccc(N2CCCN(C(C)=O)CC2)c(N)c1. The Morgan fingerprint density at radius 3 is 2.57 bits per heavy atom. The van der Waals surface area contributed by atoms with Crippen molar-refractivity contribution in [2.75, 3.05) is 43.9 Å². The lowest BCUT2D eigenvalue weighted by molar-refractivity contribution is -0.128. The van der Waals surface area contributed by atoms with Gasteiger partial charge in [-0.3, -0.25) is 9.59 Å². The highest BCUT2D eigenvalue weighted by Gasteiger charge is 2.18. The average molecular weight is 290 g/mol. The van der Waals surface area contributed by atoms with E-state index in [9.17, 15) is 9.59 Å². The predicted octanol–water partition coefficient (Wildman–Crippen LogP) is 0.687. The van der Waals surface area contributed by atoms with Crippen molar-refractivity contribution in [3.63, 3.8) is 0 Å². The lowest BCUT2D eigenvalue weighted by Crippen LogP contribution is -2.33. The van der Waals surface area contributed by atoms with Crippen LogP contribution >= 0.6 is 0 Å². The van der Waals surface area contributed by atoms with Crippen LogP contribution in [-0.2, 0) is 4.79 Å². The molecule has 1 heterocycles. The van der Waals surface area contributed by atoms with E-state index < -0.39 is 0 Å². The molecule has 1 aromatic carbocycles. The van der Waals surface area contributed by atoms with E-state index in [1.165, 1.54) is 0 Å². The van der Waals surface area contributed by atoms with Crippen LogP contribution in [0.1, 0.15) is 23.7 Å². The summed E-state index contributed by atoms with van der Waals surface area (Å²) in [6, 6.07) is 5.35. The minimum atomic E-state index is -0.146. The fraction of sp³-hybridized carbons (Fsp3) is 0.467. The van der Waals surface area contributed by atoms with Gasteiger partial charge in [-0.25, -0.2) is 0 Å². The van der Waals surface area contributed by atoms with Crippen LogP contribution in [0, 0.1) is 0 Å². The molecule has 1 fully saturated rings. The molecule has 0 aromatic heterocycles. The van der Waals surface area contributed by atoms with Crippen LogP contribution in [0.2, 0.25) is 0 Å². The topological polar surface area (TPSA) is 78.7 Å². The zero-order valence-electron chi connectivity index (χ0n) is 12.6. The van der Waals surface area contributed by atoms with Gasteiger partial charge < -0.3 is 20.9 Å². The first-order chi connectivity index (χ1) is 10.0. The van der Waals surface area contributed by atoms with E-state index in [0.29, 0.717) is 17.8 Å². The van der Waals surface area contributed by atoms with Crippen molar-refractivity contribution in [1.82, 2.24) is 10.2 Å². The van der Waals surface area contributed by atoms with Crippen molar-refractivity contribution < 1.29 is 9.59 Å². The van der Waals surface area contributed by atoms with Crippen molar-refractivity contribution in [3.8, 4) is 0 Å². The zero-order valence-corrected chi connectivity index (χ0v) is 12.6. The van der Waals surface area contributed by atoms with Crippen molar-refractivity contribution in [2.45, 2.75) is 13.3 Å². The molecule has 0 unspecified atom stereocenters. The maximum Gasteiger partial charge on any atom is 0.251 e. The molecular formula is C15H22N4O2. The van der Waals surface area contributed by atoms with Crippen molar-refractivity contribution in [3.05, 3.63) is 23.8 Å². The molecule has 0 bridgehead atoms. The van der Waals surface area contributed by atoms with E-state index in [2.05, 4.69) is 10.2 Å². The Morgan fingerprint density at radius 1 is 1.19 bits per heavy atom. The second kappa shape index (κ2) is 6.47. The van der Waals surface area contributed by atoms with E-state index in [-0.39, 0.29) is 11.8 Å². The van der Waals surface area contributed by atoms with Crippen LogP contribution in [0.3, 0.4) is 0 Å². The van der Waals surface area contributed by atoms with Gasteiger partial charge in [-0.1, -0.05) is 0 Å². The monoisotopic (exact) mass is 290 g/mol. The lowest BCUT2D eigenvalue weighted by Gasteiger charge is -2.25. The van der Waals surface area contributed by atoms with E-state index in [0.717, 1.165) is 31.7 Å². The van der Waals surface area contributed by atoms with Gasteiger partial charge in [-0.2, -0.15) is 0 Å². The summed E-state index contributed by atoms with van der Waals surface area (Å²) < 4.78 is 0. The molecule has 21 heavy (non-hydrogen) atoms. The van der Waals surface area contributed by atoms with Crippen molar-refractivity contribution in [1.29, 1.82) is 0 Å². The second-order valence-corrected chi connectivity index (χ2v) is 5.20. The van der Waals surface area contributed by atoms with Gasteiger partial charge >= 0.3 is 0 Å². The first-order valence-corrected chi connectivity index (χ1v) is 7.15. The van der Waals surface area contributed by atoms with Gasteiger partial charge in [0.2, 0.25) is 5.91 Å². The fourth-order valence-corrected chi connectivity index (χ4v) is 2.60. The molecule has 1 aliphatic heterocycles. The molecule has 1 saturated heterocycles. The summed E-state index contributed by atoms with van der Waals surface area (Å²) in [5, 5.41) is 2.58. The first-order valence-electron chi connectivity index (χ1n) is 7.15. The number of benzene rings is 1. The first kappa shape index (κ1) is 15.2. The van der Waals surface area contributed by atoms with Crippen LogP contribution in [0.5, 0.6) is 0 Å². The molecule has 2 rings (SSSR count). The third kappa shape index (κ3) is 3.45. The second-order valence-electron chi connectivity index (χ2n) is 5.20. The number of hydrogen-bond donors (Lipinski definition) is 2. The molecular weight excluding hydrogens is 268 g/mol. The number of amides is 2. The van der Waals surface area contributed by atoms with E-state index in [1.807, 2.05) is 11.0 Å². The largest absolute Gasteiger partial charge is 0.397 e. The van der Waals surface area contributed by atoms with Gasteiger partial charge in [0.25, 0.3) is 5.91 Å². The zero-order chi connectivity index (χ0) is 15.4. The summed E-state index contributed by atoms with van der Waals surface area (Å²) in [6.07, 6.45) is 0.913. The summed E-state index contributed by atoms with van der Waals surface area (Å²) >= 11 is 0. The Kier molecular flexibility index (Phi) is 4.67. The molecule has 0 saturated carbocycles. The summed E-state index contributed by atoms with van der Waals surface area (Å²) in [7, 11) is 1.59. The normalized spacial score (nSPS) is 15.5. The number of nitrogen functional groups attached to an aromatic ring is 1. The van der Waals surface area contributed by atoms with Crippen molar-refractivity contribution in [2.24, 2.45) is 0 Å². The predicted molar refractivity (Wildman–Crippen MR) is 83.3 cm³/mol. The Balaban J connectivity index is 2.15. The molecule has 0 radical (unpaired) electrons. The summed E-state index contributed by atoms with van der Waals surface area (Å²) in [6.45, 7) is 4.69. The number of rotatable bonds is 2. The van der Waals surface area contributed by atoms with Crippen LogP contribution < -0.4 is 16.0 Å². The molecule has 3 N–H and O–H groups in total. The summed E-state index contributed by atoms with van der Waals surface area (Å²) in [5.74, 6) is -0.0355. The van der Waals surface area contributed by atoms with Crippen LogP contribution in [0.25, 0.3) is 0 Å². The third-order valence-electron chi connectivity index (χ3n) is 3.80. The molecule has 0 spiro atoms. The lowest BCUT2D eigenvalue weighted by atomic mass is 10.1. The molecule has 114 valence electrons. The number of carbonyl (C=O) groups is 2. The molecule has 2 amide bonds. The maximum atomic E-state index is 11.6. The molecule has 6 nitrogen and oxygen atoms in total. The highest BCUT2D eigenvalue weighted by atomic mass is 16.2. The number of nitrogens with two attached hydrogens (primary N) is 1. The fourth-order valence-electron chi connectivity index (χ4n) is 2.60. The number of anilines is 2. The molecule has 1 aromatic rings. The Morgan fingerprint density at radius 2 is 1.95 bits per heavy atom. The molecule has 1 aliphatic rings. The van der Waals surface area contributed by atoms with Gasteiger partial charge in [0.1, 0.15) is 0 Å². The van der Waals surface area contributed by atoms with Gasteiger partial charge in [0.15, 0.2) is 0 Å². The highest BCUT2D eigenvalue weighted by molar-refractivity contribution is 5.96. The van der Waals surface area contributed by atoms with Gasteiger partial charge in [-0.15, -0.1) is 0 Å². The Bertz CT molecular complexity index is 544. The van der Waals surface area contributed by atoms with E-state index >= 15 is 0 Å². The number of hydrogen-bond acceptors (Lipinski definition) is 4. The summed E-state index contributed by atoms with van der Waals surface area (Å²) in [4.78, 5) is 27.1. The number of nitrogens with zero attached hydrogens (tertiary/aromatic N) is 2. The van der Waals surface area contributed by atoms with Gasteiger partial charge in [-0.05, 0) is 24.6 Å². The van der Waals surface area contributed by atoms with E-state index in [4.69, 9.17) is 5.73 Å². The Hall–Kier alpha value is -2.24. The van der Waals surface area contributed by atoms with E-state index in [1.54, 1.807) is 26.1 Å². The van der Waals surface area contributed by atoms with Crippen molar-refractivity contribution >= 4 is 23.2 Å². The maximum absolute atomic E-state index is 11.6. The minimum absolute atomic E-state index is 0.111. The minimum Gasteiger partial charge on any atom is -0.397 e. The average Bonchev–Trinajstić information content (AvgIpc) is 2.72. The molecule has 6 heteroatoms. The standard InChI is InChI=1S/C15H22N4O2/c1-11(20)18-6-3-7-19(9-8-18)14-5-4-12(10-13(14)16)15(21)17-2/h4-5,10H,3,6-9,16H2,1-2H3,(H,17,21). The smallest absolute Gasteiger partial charge is 0.251 e. The van der Waals surface area contributed by atoms with Crippen LogP contribution in [-0.4, -0.2) is 49.9 Å². The van der Waals surface area contributed by atoms with Crippen LogP contribution in [0.4, 0.5) is 11.4 Å². The van der Waals surface area contributed by atoms with Crippen LogP contribution in [0.15, 0.2) is 18.2 Å². The Labute approximate surface area is 124 Å².